The largest absolute Gasteiger partial charge is 0.367 e. The Hall–Kier alpha value is -4.26. The van der Waals surface area contributed by atoms with Crippen molar-refractivity contribution in [3.05, 3.63) is 83.4 Å². The third-order valence-corrected chi connectivity index (χ3v) is 8.09. The molecule has 3 saturated heterocycles. The van der Waals surface area contributed by atoms with Crippen LogP contribution in [0.5, 0.6) is 0 Å². The van der Waals surface area contributed by atoms with Crippen LogP contribution >= 0.6 is 0 Å². The van der Waals surface area contributed by atoms with Gasteiger partial charge in [-0.2, -0.15) is 10.5 Å². The van der Waals surface area contributed by atoms with Gasteiger partial charge in [-0.15, -0.1) is 0 Å². The first-order chi connectivity index (χ1) is 17.4. The van der Waals surface area contributed by atoms with Crippen molar-refractivity contribution >= 4 is 34.4 Å². The number of nitrogens with zero attached hydrogens (tertiary/aromatic N) is 3. The molecule has 3 fully saturated rings. The number of rotatable bonds is 4. The van der Waals surface area contributed by atoms with E-state index in [0.29, 0.717) is 36.1 Å². The fourth-order valence-corrected chi connectivity index (χ4v) is 6.41. The fraction of sp³-hybridized carbons (Fsp3) is 0.267. The number of nitriles is 2. The van der Waals surface area contributed by atoms with Crippen molar-refractivity contribution in [3.8, 4) is 12.1 Å². The molecule has 0 aliphatic carbocycles. The van der Waals surface area contributed by atoms with Crippen molar-refractivity contribution in [1.29, 1.82) is 10.5 Å². The summed E-state index contributed by atoms with van der Waals surface area (Å²) in [5, 5.41) is 20.6. The number of hydrogen-bond donors (Lipinski definition) is 0. The van der Waals surface area contributed by atoms with Crippen LogP contribution in [0, 0.1) is 34.5 Å². The number of ether oxygens (including phenoxy) is 1. The second kappa shape index (κ2) is 7.88. The average Bonchev–Trinajstić information content (AvgIpc) is 3.48. The zero-order valence-electron chi connectivity index (χ0n) is 19.8. The lowest BCUT2D eigenvalue weighted by atomic mass is 9.67. The van der Waals surface area contributed by atoms with E-state index in [0.717, 1.165) is 16.3 Å². The topological polar surface area (TPSA) is 94.2 Å². The van der Waals surface area contributed by atoms with E-state index in [-0.39, 0.29) is 11.8 Å². The standard InChI is InChI=1S/C30H23N3O3/c1-29-15-16-30(36-29,14-4-5-19-8-10-20(17-31)11-9-19)26-25(29)27(34)33(28(26)35)24-13-12-21-6-2-3-7-22(21)23(24)18-32/h2-13,25-26H,14-16H2,1H3. The maximum Gasteiger partial charge on any atom is 0.240 e. The molecule has 6 heteroatoms. The molecular weight excluding hydrogens is 450 g/mol. The summed E-state index contributed by atoms with van der Waals surface area (Å²) in [6.07, 6.45) is 5.84. The molecule has 0 N–H and O–H groups in total. The lowest BCUT2D eigenvalue weighted by molar-refractivity contribution is -0.130. The van der Waals surface area contributed by atoms with Crippen molar-refractivity contribution in [2.45, 2.75) is 37.4 Å². The first kappa shape index (κ1) is 22.2. The van der Waals surface area contributed by atoms with Crippen LogP contribution in [0.2, 0.25) is 0 Å². The van der Waals surface area contributed by atoms with Crippen LogP contribution in [0.15, 0.2) is 66.7 Å². The van der Waals surface area contributed by atoms with Crippen LogP contribution in [0.25, 0.3) is 16.8 Å². The van der Waals surface area contributed by atoms with Crippen LogP contribution in [0.1, 0.15) is 42.9 Å². The number of fused-ring (bicyclic) bond motifs is 6. The van der Waals surface area contributed by atoms with Gasteiger partial charge in [-0.25, -0.2) is 4.90 Å². The molecule has 0 radical (unpaired) electrons. The summed E-state index contributed by atoms with van der Waals surface area (Å²) in [5.74, 6) is -1.73. The van der Waals surface area contributed by atoms with E-state index in [1.54, 1.807) is 18.2 Å². The minimum atomic E-state index is -0.756. The van der Waals surface area contributed by atoms with Crippen LogP contribution < -0.4 is 4.90 Å². The van der Waals surface area contributed by atoms with Gasteiger partial charge in [0, 0.05) is 5.39 Å². The van der Waals surface area contributed by atoms with Gasteiger partial charge in [-0.3, -0.25) is 9.59 Å². The molecule has 3 aliphatic rings. The van der Waals surface area contributed by atoms with Crippen molar-refractivity contribution in [2.24, 2.45) is 11.8 Å². The quantitative estimate of drug-likeness (QED) is 0.491. The predicted octanol–water partition coefficient (Wildman–Crippen LogP) is 5.11. The number of benzene rings is 3. The molecule has 6 nitrogen and oxygen atoms in total. The minimum Gasteiger partial charge on any atom is -0.367 e. The van der Waals surface area contributed by atoms with Crippen molar-refractivity contribution in [1.82, 2.24) is 0 Å². The molecular formula is C30H23N3O3. The summed E-state index contributed by atoms with van der Waals surface area (Å²) in [4.78, 5) is 28.9. The molecule has 0 spiro atoms. The third kappa shape index (κ3) is 3.05. The van der Waals surface area contributed by atoms with Crippen LogP contribution in [-0.4, -0.2) is 23.0 Å². The highest BCUT2D eigenvalue weighted by Crippen LogP contribution is 2.62. The number of anilines is 1. The lowest BCUT2D eigenvalue weighted by Gasteiger charge is -2.30. The molecule has 36 heavy (non-hydrogen) atoms. The van der Waals surface area contributed by atoms with Gasteiger partial charge in [0.2, 0.25) is 11.8 Å². The van der Waals surface area contributed by atoms with Gasteiger partial charge in [-0.05, 0) is 55.3 Å². The highest BCUT2D eigenvalue weighted by molar-refractivity contribution is 6.24. The number of imide groups is 1. The number of hydrogen-bond acceptors (Lipinski definition) is 5. The van der Waals surface area contributed by atoms with E-state index < -0.39 is 23.0 Å². The van der Waals surface area contributed by atoms with Crippen molar-refractivity contribution < 1.29 is 14.3 Å². The Morgan fingerprint density at radius 1 is 0.972 bits per heavy atom. The molecule has 0 aromatic heterocycles. The molecule has 0 saturated carbocycles. The third-order valence-electron chi connectivity index (χ3n) is 8.09. The maximum absolute atomic E-state index is 13.9. The van der Waals surface area contributed by atoms with Gasteiger partial charge in [0.15, 0.2) is 0 Å². The first-order valence-electron chi connectivity index (χ1n) is 12.1. The maximum atomic E-state index is 13.9. The van der Waals surface area contributed by atoms with Crippen LogP contribution in [-0.2, 0) is 14.3 Å². The van der Waals surface area contributed by atoms with Crippen LogP contribution in [0.4, 0.5) is 5.69 Å². The van der Waals surface area contributed by atoms with Gasteiger partial charge in [0.1, 0.15) is 6.07 Å². The van der Waals surface area contributed by atoms with E-state index in [9.17, 15) is 14.9 Å². The number of amides is 2. The molecule has 2 amide bonds. The normalized spacial score (nSPS) is 28.6. The Kier molecular flexibility index (Phi) is 4.86. The van der Waals surface area contributed by atoms with E-state index >= 15 is 0 Å². The highest BCUT2D eigenvalue weighted by atomic mass is 16.5. The average molecular weight is 474 g/mol. The highest BCUT2D eigenvalue weighted by Gasteiger charge is 2.73. The molecule has 3 aromatic rings. The molecule has 4 atom stereocenters. The fourth-order valence-electron chi connectivity index (χ4n) is 6.41. The van der Waals surface area contributed by atoms with E-state index in [2.05, 4.69) is 12.1 Å². The molecule has 4 unspecified atom stereocenters. The van der Waals surface area contributed by atoms with Gasteiger partial charge in [-0.1, -0.05) is 54.6 Å². The summed E-state index contributed by atoms with van der Waals surface area (Å²) in [6, 6.07) is 22.7. The summed E-state index contributed by atoms with van der Waals surface area (Å²) in [5.41, 5.74) is 0.770. The summed E-state index contributed by atoms with van der Waals surface area (Å²) in [7, 11) is 0. The summed E-state index contributed by atoms with van der Waals surface area (Å²) in [6.45, 7) is 1.93. The molecule has 6 rings (SSSR count). The number of carbonyl (C=O) groups excluding carboxylic acids is 2. The first-order valence-corrected chi connectivity index (χ1v) is 12.1. The monoisotopic (exact) mass is 473 g/mol. The summed E-state index contributed by atoms with van der Waals surface area (Å²) < 4.78 is 6.51. The minimum absolute atomic E-state index is 0.281. The molecule has 3 heterocycles. The molecule has 3 aromatic carbocycles. The van der Waals surface area contributed by atoms with E-state index in [1.165, 1.54) is 4.90 Å². The zero-order chi connectivity index (χ0) is 25.1. The van der Waals surface area contributed by atoms with E-state index in [4.69, 9.17) is 10.00 Å². The summed E-state index contributed by atoms with van der Waals surface area (Å²) >= 11 is 0. The Bertz CT molecular complexity index is 1540. The Morgan fingerprint density at radius 2 is 1.72 bits per heavy atom. The molecule has 176 valence electrons. The van der Waals surface area contributed by atoms with Gasteiger partial charge in [0.05, 0.1) is 45.9 Å². The Morgan fingerprint density at radius 3 is 2.47 bits per heavy atom. The second-order valence-corrected chi connectivity index (χ2v) is 10.1. The van der Waals surface area contributed by atoms with Crippen LogP contribution in [0.3, 0.4) is 0 Å². The van der Waals surface area contributed by atoms with Crippen molar-refractivity contribution in [2.75, 3.05) is 4.90 Å². The van der Waals surface area contributed by atoms with E-state index in [1.807, 2.05) is 61.5 Å². The van der Waals surface area contributed by atoms with Gasteiger partial charge >= 0.3 is 0 Å². The molecule has 3 aliphatic heterocycles. The second-order valence-electron chi connectivity index (χ2n) is 10.1. The van der Waals surface area contributed by atoms with Gasteiger partial charge < -0.3 is 4.74 Å². The molecule has 2 bridgehead atoms. The Labute approximate surface area is 209 Å². The van der Waals surface area contributed by atoms with Crippen molar-refractivity contribution in [3.63, 3.8) is 0 Å². The lowest BCUT2D eigenvalue weighted by Crippen LogP contribution is -2.41. The number of carbonyl (C=O) groups is 2. The predicted molar refractivity (Wildman–Crippen MR) is 134 cm³/mol. The smallest absolute Gasteiger partial charge is 0.240 e. The SMILES string of the molecule is CC12CCC(CC=Cc3ccc(C#N)cc3)(O1)C1C(=O)N(c3ccc4ccccc4c3C#N)C(=O)C12. The van der Waals surface area contributed by atoms with Gasteiger partial charge in [0.25, 0.3) is 0 Å². The Balaban J connectivity index is 1.35. The zero-order valence-corrected chi connectivity index (χ0v) is 19.8.